The maximum absolute atomic E-state index is 12.3. The Balaban J connectivity index is 3.40. The smallest absolute Gasteiger partial charge is 0.306 e. The number of carbonyl (C=O) groups is 2. The summed E-state index contributed by atoms with van der Waals surface area (Å²) in [5.41, 5.74) is 0. The molecular weight excluding hydrogens is 885 g/mol. The van der Waals surface area contributed by atoms with Gasteiger partial charge in [0.1, 0.15) is 6.61 Å². The fourth-order valence-electron chi connectivity index (χ4n) is 10.0. The molecule has 72 heavy (non-hydrogen) atoms. The largest absolute Gasteiger partial charge is 0.462 e. The number of aliphatic hydroxyl groups excluding tert-OH is 1. The van der Waals surface area contributed by atoms with Crippen molar-refractivity contribution in [1.29, 1.82) is 0 Å². The van der Waals surface area contributed by atoms with Crippen molar-refractivity contribution < 1.29 is 24.2 Å². The van der Waals surface area contributed by atoms with Gasteiger partial charge in [-0.15, -0.1) is 0 Å². The molecule has 1 N–H and O–H groups in total. The molecule has 0 saturated carbocycles. The van der Waals surface area contributed by atoms with E-state index in [0.29, 0.717) is 12.8 Å². The topological polar surface area (TPSA) is 72.8 Å². The van der Waals surface area contributed by atoms with Gasteiger partial charge in [-0.3, -0.25) is 9.59 Å². The fourth-order valence-corrected chi connectivity index (χ4v) is 10.0. The average Bonchev–Trinajstić information content (AvgIpc) is 3.38. The molecule has 0 aromatic carbocycles. The molecule has 5 heteroatoms. The van der Waals surface area contributed by atoms with Crippen LogP contribution in [0, 0.1) is 0 Å². The Labute approximate surface area is 450 Å². The van der Waals surface area contributed by atoms with E-state index in [4.69, 9.17) is 9.47 Å². The first-order valence-electron chi connectivity index (χ1n) is 32.5. The minimum atomic E-state index is -0.773. The lowest BCUT2D eigenvalue weighted by atomic mass is 10.0. The molecule has 0 fully saturated rings. The molecule has 424 valence electrons. The zero-order valence-corrected chi connectivity index (χ0v) is 48.7. The van der Waals surface area contributed by atoms with Crippen LogP contribution in [-0.2, 0) is 19.1 Å². The minimum absolute atomic E-state index is 0.0628. The van der Waals surface area contributed by atoms with Crippen LogP contribution in [0.4, 0.5) is 0 Å². The summed E-state index contributed by atoms with van der Waals surface area (Å²) < 4.78 is 10.7. The lowest BCUT2D eigenvalue weighted by Gasteiger charge is -2.15. The monoisotopic (exact) mass is 1010 g/mol. The van der Waals surface area contributed by atoms with Crippen LogP contribution in [0.15, 0.2) is 36.5 Å². The first-order chi connectivity index (χ1) is 35.6. The fraction of sp³-hybridized carbons (Fsp3) is 0.881. The third-order valence-corrected chi connectivity index (χ3v) is 14.9. The third-order valence-electron chi connectivity index (χ3n) is 14.9. The van der Waals surface area contributed by atoms with Gasteiger partial charge in [-0.2, -0.15) is 0 Å². The quantitative estimate of drug-likeness (QED) is 0.0373. The van der Waals surface area contributed by atoms with Crippen LogP contribution in [0.5, 0.6) is 0 Å². The molecule has 0 aromatic heterocycles. The van der Waals surface area contributed by atoms with Gasteiger partial charge in [-0.05, 0) is 51.4 Å². The Hall–Kier alpha value is -1.88. The Morgan fingerprint density at radius 2 is 0.556 bits per heavy atom. The molecule has 0 heterocycles. The molecule has 1 atom stereocenters. The van der Waals surface area contributed by atoms with Gasteiger partial charge in [-0.1, -0.05) is 333 Å². The van der Waals surface area contributed by atoms with Gasteiger partial charge in [0.25, 0.3) is 0 Å². The molecule has 0 radical (unpaired) electrons. The first kappa shape index (κ1) is 70.1. The van der Waals surface area contributed by atoms with Gasteiger partial charge in [0.05, 0.1) is 6.61 Å². The Kier molecular flexibility index (Phi) is 61.8. The summed E-state index contributed by atoms with van der Waals surface area (Å²) in [6.45, 7) is 4.18. The van der Waals surface area contributed by atoms with E-state index in [9.17, 15) is 14.7 Å². The molecule has 5 nitrogen and oxygen atoms in total. The van der Waals surface area contributed by atoms with E-state index in [0.717, 1.165) is 44.9 Å². The van der Waals surface area contributed by atoms with Gasteiger partial charge in [0, 0.05) is 12.8 Å². The lowest BCUT2D eigenvalue weighted by molar-refractivity contribution is -0.161. The number of esters is 2. The highest BCUT2D eigenvalue weighted by Gasteiger charge is 2.16. The number of carbonyl (C=O) groups excluding carboxylic acids is 2. The van der Waals surface area contributed by atoms with E-state index in [2.05, 4.69) is 50.3 Å². The number of hydrogen-bond donors (Lipinski definition) is 1. The van der Waals surface area contributed by atoms with E-state index >= 15 is 0 Å². The van der Waals surface area contributed by atoms with E-state index < -0.39 is 6.10 Å². The Morgan fingerprint density at radius 3 is 0.833 bits per heavy atom. The normalized spacial score (nSPS) is 12.3. The summed E-state index contributed by atoms with van der Waals surface area (Å²) in [6, 6.07) is 0. The van der Waals surface area contributed by atoms with Crippen molar-refractivity contribution in [1.82, 2.24) is 0 Å². The maximum atomic E-state index is 12.3. The highest BCUT2D eigenvalue weighted by molar-refractivity contribution is 5.70. The van der Waals surface area contributed by atoms with E-state index in [1.54, 1.807) is 0 Å². The van der Waals surface area contributed by atoms with Crippen molar-refractivity contribution in [2.24, 2.45) is 0 Å². The van der Waals surface area contributed by atoms with Crippen LogP contribution in [0.1, 0.15) is 361 Å². The van der Waals surface area contributed by atoms with Crippen molar-refractivity contribution in [3.8, 4) is 0 Å². The van der Waals surface area contributed by atoms with Gasteiger partial charge in [-0.25, -0.2) is 0 Å². The summed E-state index contributed by atoms with van der Waals surface area (Å²) in [7, 11) is 0. The summed E-state index contributed by atoms with van der Waals surface area (Å²) in [5.74, 6) is -0.576. The molecule has 0 aliphatic rings. The molecule has 0 spiro atoms. The van der Waals surface area contributed by atoms with Gasteiger partial charge < -0.3 is 14.6 Å². The number of hydrogen-bond acceptors (Lipinski definition) is 5. The molecule has 1 unspecified atom stereocenters. The van der Waals surface area contributed by atoms with Crippen molar-refractivity contribution in [2.75, 3.05) is 13.2 Å². The van der Waals surface area contributed by atoms with Crippen molar-refractivity contribution >= 4 is 11.9 Å². The molecule has 0 aromatic rings. The first-order valence-corrected chi connectivity index (χ1v) is 32.5. The number of aliphatic hydroxyl groups is 1. The molecule has 0 aliphatic heterocycles. The number of ether oxygens (including phenoxy) is 2. The molecule has 0 rings (SSSR count). The van der Waals surface area contributed by atoms with Crippen LogP contribution in [0.2, 0.25) is 0 Å². The summed E-state index contributed by atoms with van der Waals surface area (Å²) in [5, 5.41) is 9.68. The zero-order valence-electron chi connectivity index (χ0n) is 48.7. The van der Waals surface area contributed by atoms with Gasteiger partial charge >= 0.3 is 11.9 Å². The van der Waals surface area contributed by atoms with Crippen LogP contribution in [-0.4, -0.2) is 36.4 Å². The van der Waals surface area contributed by atoms with E-state index in [1.807, 2.05) is 0 Å². The highest BCUT2D eigenvalue weighted by atomic mass is 16.6. The van der Waals surface area contributed by atoms with Crippen LogP contribution in [0.25, 0.3) is 0 Å². The molecule has 0 saturated heterocycles. The average molecular weight is 1010 g/mol. The molecule has 0 bridgehead atoms. The predicted molar refractivity (Wildman–Crippen MR) is 316 cm³/mol. The number of allylic oxidation sites excluding steroid dienone is 6. The zero-order chi connectivity index (χ0) is 52.0. The minimum Gasteiger partial charge on any atom is -0.462 e. The summed E-state index contributed by atoms with van der Waals surface area (Å²) >= 11 is 0. The van der Waals surface area contributed by atoms with Crippen LogP contribution in [0.3, 0.4) is 0 Å². The van der Waals surface area contributed by atoms with E-state index in [-0.39, 0.29) is 25.2 Å². The Morgan fingerprint density at radius 1 is 0.319 bits per heavy atom. The van der Waals surface area contributed by atoms with Crippen LogP contribution >= 0.6 is 0 Å². The predicted octanol–water partition coefficient (Wildman–Crippen LogP) is 22.2. The highest BCUT2D eigenvalue weighted by Crippen LogP contribution is 2.18. The maximum Gasteiger partial charge on any atom is 0.306 e. The van der Waals surface area contributed by atoms with Crippen molar-refractivity contribution in [2.45, 2.75) is 367 Å². The molecule has 0 aliphatic carbocycles. The second-order valence-electron chi connectivity index (χ2n) is 22.2. The number of rotatable bonds is 61. The summed E-state index contributed by atoms with van der Waals surface area (Å²) in [4.78, 5) is 24.6. The summed E-state index contributed by atoms with van der Waals surface area (Å²) in [6.07, 6.45) is 83.0. The van der Waals surface area contributed by atoms with Gasteiger partial charge in [0.2, 0.25) is 0 Å². The molecular formula is C67H126O5. The van der Waals surface area contributed by atoms with Crippen molar-refractivity contribution in [3.63, 3.8) is 0 Å². The van der Waals surface area contributed by atoms with Crippen LogP contribution < -0.4 is 0 Å². The van der Waals surface area contributed by atoms with Gasteiger partial charge in [0.15, 0.2) is 6.10 Å². The van der Waals surface area contributed by atoms with Crippen molar-refractivity contribution in [3.05, 3.63) is 36.5 Å². The SMILES string of the molecule is CCCCCCC/C=C\C/C=C\C/C=C\CCCCCCCCCCCCC(=O)OC(CO)COC(=O)CCCCCCCCCCCCCCCCCCCCCCCCCCCCCCCCCCC. The third kappa shape index (κ3) is 60.7. The molecule has 0 amide bonds. The Bertz CT molecular complexity index is 1140. The second kappa shape index (κ2) is 63.4. The standard InChI is InChI=1S/C67H126O5/c1-3-5-7-9-11-13-15-17-19-21-23-25-27-29-30-31-32-33-34-35-36-38-39-41-43-45-47-49-51-53-55-57-59-61-66(69)71-64-65(63-68)72-67(70)62-60-58-56-54-52-50-48-46-44-42-40-37-28-26-24-22-20-18-16-14-12-10-8-6-4-2/h16,18,22,24,28,37,65,68H,3-15,17,19-21,23,25-27,29-36,38-64H2,1-2H3/b18-16-,24-22-,37-28-. The van der Waals surface area contributed by atoms with E-state index in [1.165, 1.54) is 289 Å². The second-order valence-corrected chi connectivity index (χ2v) is 22.2. The number of unbranched alkanes of at least 4 members (excludes halogenated alkanes) is 47. The lowest BCUT2D eigenvalue weighted by Crippen LogP contribution is -2.28.